The molecule has 1 aromatic carbocycles. The molecule has 0 saturated carbocycles. The number of carboxylic acid groups (broad SMARTS) is 1. The van der Waals surface area contributed by atoms with E-state index in [0.717, 1.165) is 24.8 Å². The zero-order valence-corrected chi connectivity index (χ0v) is 14.9. The van der Waals surface area contributed by atoms with Gasteiger partial charge in [-0.3, -0.25) is 5.43 Å². The first-order valence-electron chi connectivity index (χ1n) is 8.43. The van der Waals surface area contributed by atoms with Crippen LogP contribution in [0.15, 0.2) is 41.6 Å². The molecule has 2 N–H and O–H groups in total. The molecule has 0 amide bonds. The molecule has 0 fully saturated rings. The molecule has 7 heteroatoms. The molecular weight excluding hydrogens is 334 g/mol. The highest BCUT2D eigenvalue weighted by Gasteiger charge is 2.05. The van der Waals surface area contributed by atoms with Gasteiger partial charge in [-0.1, -0.05) is 19.8 Å². The Labute approximate surface area is 152 Å². The van der Waals surface area contributed by atoms with Crippen molar-refractivity contribution in [3.05, 3.63) is 47.7 Å². The van der Waals surface area contributed by atoms with Crippen LogP contribution in [0.1, 0.15) is 42.1 Å². The third-order valence-corrected chi connectivity index (χ3v) is 3.60. The monoisotopic (exact) mass is 357 g/mol. The van der Waals surface area contributed by atoms with Gasteiger partial charge in [-0.2, -0.15) is 5.10 Å². The van der Waals surface area contributed by atoms with Gasteiger partial charge in [0.2, 0.25) is 0 Å². The van der Waals surface area contributed by atoms with Crippen molar-refractivity contribution in [1.29, 1.82) is 0 Å². The Kier molecular flexibility index (Phi) is 7.42. The highest BCUT2D eigenvalue weighted by atomic mass is 16.5. The van der Waals surface area contributed by atoms with Crippen molar-refractivity contribution in [2.75, 3.05) is 19.1 Å². The van der Waals surface area contributed by atoms with E-state index < -0.39 is 5.97 Å². The smallest absolute Gasteiger partial charge is 0.337 e. The highest BCUT2D eigenvalue weighted by molar-refractivity contribution is 5.87. The van der Waals surface area contributed by atoms with Crippen molar-refractivity contribution >= 4 is 18.0 Å². The fourth-order valence-corrected chi connectivity index (χ4v) is 2.18. The molecule has 1 aromatic heterocycles. The summed E-state index contributed by atoms with van der Waals surface area (Å²) in [5.74, 6) is 0.791. The van der Waals surface area contributed by atoms with E-state index in [9.17, 15) is 4.79 Å². The minimum Gasteiger partial charge on any atom is -0.493 e. The van der Waals surface area contributed by atoms with Crippen LogP contribution in [0.3, 0.4) is 0 Å². The number of benzene rings is 1. The van der Waals surface area contributed by atoms with E-state index in [1.165, 1.54) is 12.3 Å². The third kappa shape index (κ3) is 5.77. The van der Waals surface area contributed by atoms with E-state index in [4.69, 9.17) is 14.6 Å². The van der Waals surface area contributed by atoms with E-state index in [-0.39, 0.29) is 5.56 Å². The average Bonchev–Trinajstić information content (AvgIpc) is 2.66. The molecule has 0 bridgehead atoms. The quantitative estimate of drug-likeness (QED) is 0.382. The van der Waals surface area contributed by atoms with Gasteiger partial charge in [-0.05, 0) is 42.3 Å². The highest BCUT2D eigenvalue weighted by Crippen LogP contribution is 2.27. The van der Waals surface area contributed by atoms with Crippen LogP contribution in [0.4, 0.5) is 5.82 Å². The first-order valence-corrected chi connectivity index (χ1v) is 8.43. The molecule has 138 valence electrons. The predicted molar refractivity (Wildman–Crippen MR) is 100 cm³/mol. The van der Waals surface area contributed by atoms with Crippen LogP contribution >= 0.6 is 0 Å². The number of pyridine rings is 1. The number of aromatic nitrogens is 1. The molecule has 0 atom stereocenters. The molecule has 26 heavy (non-hydrogen) atoms. The zero-order valence-electron chi connectivity index (χ0n) is 14.9. The topological polar surface area (TPSA) is 93.0 Å². The van der Waals surface area contributed by atoms with E-state index >= 15 is 0 Å². The number of nitrogens with zero attached hydrogens (tertiary/aromatic N) is 2. The number of aromatic carboxylic acids is 1. The van der Waals surface area contributed by atoms with Gasteiger partial charge in [0.25, 0.3) is 0 Å². The molecule has 0 aliphatic rings. The molecular formula is C19H23N3O4. The third-order valence-electron chi connectivity index (χ3n) is 3.60. The summed E-state index contributed by atoms with van der Waals surface area (Å²) in [4.78, 5) is 14.8. The summed E-state index contributed by atoms with van der Waals surface area (Å²) in [6.45, 7) is 2.82. The molecule has 0 aliphatic carbocycles. The Morgan fingerprint density at radius 2 is 2.12 bits per heavy atom. The lowest BCUT2D eigenvalue weighted by Gasteiger charge is -2.11. The number of hydrogen-bond acceptors (Lipinski definition) is 6. The Bertz CT molecular complexity index is 745. The lowest BCUT2D eigenvalue weighted by Crippen LogP contribution is -2.00. The Hall–Kier alpha value is -3.09. The first kappa shape index (κ1) is 19.2. The van der Waals surface area contributed by atoms with E-state index in [0.29, 0.717) is 23.9 Å². The Balaban J connectivity index is 1.95. The summed E-state index contributed by atoms with van der Waals surface area (Å²) >= 11 is 0. The maximum Gasteiger partial charge on any atom is 0.337 e. The largest absolute Gasteiger partial charge is 0.493 e. The van der Waals surface area contributed by atoms with E-state index in [1.54, 1.807) is 19.4 Å². The lowest BCUT2D eigenvalue weighted by molar-refractivity contribution is 0.0696. The van der Waals surface area contributed by atoms with Crippen LogP contribution in [0.25, 0.3) is 0 Å². The SMILES string of the molecule is CCCCCOc1ccc(/C=N/Nc2ccc(C(=O)O)cn2)cc1OC. The maximum absolute atomic E-state index is 10.8. The lowest BCUT2D eigenvalue weighted by atomic mass is 10.2. The predicted octanol–water partition coefficient (Wildman–Crippen LogP) is 3.80. The van der Waals surface area contributed by atoms with Crippen LogP contribution in [-0.4, -0.2) is 36.0 Å². The normalized spacial score (nSPS) is 10.7. The summed E-state index contributed by atoms with van der Waals surface area (Å²) < 4.78 is 11.1. The summed E-state index contributed by atoms with van der Waals surface area (Å²) in [7, 11) is 1.60. The van der Waals surface area contributed by atoms with Gasteiger partial charge in [0, 0.05) is 6.20 Å². The van der Waals surface area contributed by atoms with E-state index in [1.807, 2.05) is 18.2 Å². The van der Waals surface area contributed by atoms with Crippen LogP contribution in [0.5, 0.6) is 11.5 Å². The van der Waals surface area contributed by atoms with Gasteiger partial charge in [0.05, 0.1) is 25.5 Å². The number of unbranched alkanes of at least 4 members (excludes halogenated alkanes) is 2. The molecule has 1 heterocycles. The average molecular weight is 357 g/mol. The molecule has 2 rings (SSSR count). The molecule has 0 spiro atoms. The number of nitrogens with one attached hydrogen (secondary N) is 1. The summed E-state index contributed by atoms with van der Waals surface area (Å²) in [5, 5.41) is 12.9. The molecule has 2 aromatic rings. The van der Waals surface area contributed by atoms with Crippen molar-refractivity contribution in [1.82, 2.24) is 4.98 Å². The second-order valence-electron chi connectivity index (χ2n) is 5.57. The van der Waals surface area contributed by atoms with Crippen LogP contribution in [-0.2, 0) is 0 Å². The maximum atomic E-state index is 10.8. The summed E-state index contributed by atoms with van der Waals surface area (Å²) in [5.41, 5.74) is 3.71. The minimum atomic E-state index is -1.02. The zero-order chi connectivity index (χ0) is 18.8. The van der Waals surface area contributed by atoms with Gasteiger partial charge in [-0.25, -0.2) is 9.78 Å². The standard InChI is InChI=1S/C19H23N3O4/c1-3-4-5-10-26-16-8-6-14(11-17(16)25-2)12-21-22-18-9-7-15(13-20-18)19(23)24/h6-9,11-13H,3-5,10H2,1-2H3,(H,20,22)(H,23,24)/b21-12+. The van der Waals surface area contributed by atoms with Crippen molar-refractivity contribution in [2.45, 2.75) is 26.2 Å². The van der Waals surface area contributed by atoms with Gasteiger partial charge >= 0.3 is 5.97 Å². The number of rotatable bonds is 10. The minimum absolute atomic E-state index is 0.124. The summed E-state index contributed by atoms with van der Waals surface area (Å²) in [6.07, 6.45) is 6.20. The van der Waals surface area contributed by atoms with Crippen molar-refractivity contribution in [3.8, 4) is 11.5 Å². The Morgan fingerprint density at radius 3 is 2.77 bits per heavy atom. The molecule has 0 radical (unpaired) electrons. The number of methoxy groups -OCH3 is 1. The fraction of sp³-hybridized carbons (Fsp3) is 0.316. The number of carbonyl (C=O) groups is 1. The Morgan fingerprint density at radius 1 is 1.27 bits per heavy atom. The second kappa shape index (κ2) is 10.0. The molecule has 0 unspecified atom stereocenters. The molecule has 0 saturated heterocycles. The molecule has 0 aliphatic heterocycles. The van der Waals surface area contributed by atoms with Crippen LogP contribution < -0.4 is 14.9 Å². The van der Waals surface area contributed by atoms with Crippen LogP contribution in [0, 0.1) is 0 Å². The van der Waals surface area contributed by atoms with Crippen molar-refractivity contribution < 1.29 is 19.4 Å². The van der Waals surface area contributed by atoms with Crippen LogP contribution in [0.2, 0.25) is 0 Å². The van der Waals surface area contributed by atoms with Crippen molar-refractivity contribution in [2.24, 2.45) is 5.10 Å². The number of anilines is 1. The fourth-order valence-electron chi connectivity index (χ4n) is 2.18. The molecule has 7 nitrogen and oxygen atoms in total. The number of hydrogen-bond donors (Lipinski definition) is 2. The van der Waals surface area contributed by atoms with Gasteiger partial charge in [0.15, 0.2) is 11.5 Å². The number of hydrazone groups is 1. The van der Waals surface area contributed by atoms with Crippen molar-refractivity contribution in [3.63, 3.8) is 0 Å². The number of ether oxygens (including phenoxy) is 2. The first-order chi connectivity index (χ1) is 12.6. The van der Waals surface area contributed by atoms with Gasteiger partial charge in [0.1, 0.15) is 5.82 Å². The van der Waals surface area contributed by atoms with Gasteiger partial charge in [-0.15, -0.1) is 0 Å². The van der Waals surface area contributed by atoms with E-state index in [2.05, 4.69) is 22.4 Å². The number of carboxylic acids is 1. The summed E-state index contributed by atoms with van der Waals surface area (Å²) in [6, 6.07) is 8.58. The second-order valence-corrected chi connectivity index (χ2v) is 5.57. The van der Waals surface area contributed by atoms with Gasteiger partial charge < -0.3 is 14.6 Å².